The number of hydrogen-bond donors (Lipinski definition) is 0. The summed E-state index contributed by atoms with van der Waals surface area (Å²) in [6, 6.07) is 2.29. The van der Waals surface area contributed by atoms with Crippen LogP contribution in [0.5, 0.6) is 0 Å². The Morgan fingerprint density at radius 3 is 2.33 bits per heavy atom. The van der Waals surface area contributed by atoms with Crippen molar-refractivity contribution < 1.29 is 23.1 Å². The van der Waals surface area contributed by atoms with Gasteiger partial charge in [-0.2, -0.15) is 0 Å². The lowest BCUT2D eigenvalue weighted by molar-refractivity contribution is 0.0181. The van der Waals surface area contributed by atoms with E-state index >= 15 is 0 Å². The third-order valence-electron chi connectivity index (χ3n) is 3.81. The SMILES string of the molecule is CC(C)(C)OC(=O)N1CCC(C(=O)c2c(F)ccc(Br)c2F)CC1. The predicted molar refractivity (Wildman–Crippen MR) is 88.9 cm³/mol. The number of hydrogen-bond acceptors (Lipinski definition) is 3. The zero-order valence-corrected chi connectivity index (χ0v) is 15.5. The molecule has 1 aromatic rings. The third-order valence-corrected chi connectivity index (χ3v) is 4.42. The fourth-order valence-electron chi connectivity index (χ4n) is 2.61. The van der Waals surface area contributed by atoms with Crippen LogP contribution in [0, 0.1) is 17.6 Å². The number of nitrogens with zero attached hydrogens (tertiary/aromatic N) is 1. The molecule has 1 aliphatic rings. The molecule has 1 amide bonds. The van der Waals surface area contributed by atoms with Gasteiger partial charge in [-0.05, 0) is 61.7 Å². The first-order chi connectivity index (χ1) is 11.1. The minimum Gasteiger partial charge on any atom is -0.444 e. The number of carbonyl (C=O) groups excluding carboxylic acids is 2. The molecule has 0 unspecified atom stereocenters. The Kier molecular flexibility index (Phi) is 5.63. The minimum atomic E-state index is -0.880. The maximum atomic E-state index is 14.1. The standard InChI is InChI=1S/C17H20BrF2NO3/c1-17(2,3)24-16(23)21-8-6-10(7-9-21)15(22)13-12(19)5-4-11(18)14(13)20/h4-5,10H,6-9H2,1-3H3. The number of benzene rings is 1. The summed E-state index contributed by atoms with van der Waals surface area (Å²) in [5, 5.41) is 0. The van der Waals surface area contributed by atoms with E-state index in [1.54, 1.807) is 20.8 Å². The van der Waals surface area contributed by atoms with Crippen LogP contribution in [0.4, 0.5) is 13.6 Å². The fraction of sp³-hybridized carbons (Fsp3) is 0.529. The quantitative estimate of drug-likeness (QED) is 0.537. The van der Waals surface area contributed by atoms with Crippen molar-refractivity contribution in [3.05, 3.63) is 33.8 Å². The monoisotopic (exact) mass is 403 g/mol. The molecule has 0 spiro atoms. The van der Waals surface area contributed by atoms with E-state index in [4.69, 9.17) is 4.74 Å². The second kappa shape index (κ2) is 7.17. The van der Waals surface area contributed by atoms with Crippen molar-refractivity contribution in [2.45, 2.75) is 39.2 Å². The van der Waals surface area contributed by atoms with Gasteiger partial charge in [0.05, 0.1) is 10.0 Å². The van der Waals surface area contributed by atoms with E-state index < -0.39 is 40.6 Å². The average molecular weight is 404 g/mol. The number of ketones is 1. The van der Waals surface area contributed by atoms with Crippen molar-refractivity contribution in [2.24, 2.45) is 5.92 Å². The zero-order valence-electron chi connectivity index (χ0n) is 13.9. The van der Waals surface area contributed by atoms with Crippen LogP contribution in [0.15, 0.2) is 16.6 Å². The van der Waals surface area contributed by atoms with Gasteiger partial charge in [-0.1, -0.05) is 0 Å². The first-order valence-corrected chi connectivity index (χ1v) is 8.55. The molecular formula is C17H20BrF2NO3. The van der Waals surface area contributed by atoms with E-state index in [9.17, 15) is 18.4 Å². The van der Waals surface area contributed by atoms with Crippen LogP contribution in [0.2, 0.25) is 0 Å². The lowest BCUT2D eigenvalue weighted by Crippen LogP contribution is -2.43. The molecule has 0 N–H and O–H groups in total. The molecule has 0 atom stereocenters. The molecule has 132 valence electrons. The van der Waals surface area contributed by atoms with Crippen LogP contribution in [0.1, 0.15) is 44.0 Å². The van der Waals surface area contributed by atoms with E-state index in [-0.39, 0.29) is 4.47 Å². The molecule has 0 aromatic heterocycles. The smallest absolute Gasteiger partial charge is 0.410 e. The van der Waals surface area contributed by atoms with Gasteiger partial charge in [0.1, 0.15) is 11.4 Å². The normalized spacial score (nSPS) is 16.2. The van der Waals surface area contributed by atoms with Crippen LogP contribution >= 0.6 is 15.9 Å². The van der Waals surface area contributed by atoms with Crippen LogP contribution in [0.25, 0.3) is 0 Å². The van der Waals surface area contributed by atoms with E-state index in [1.807, 2.05) is 0 Å². The number of piperidine rings is 1. The summed E-state index contributed by atoms with van der Waals surface area (Å²) in [5.74, 6) is -2.82. The highest BCUT2D eigenvalue weighted by Crippen LogP contribution is 2.28. The molecule has 2 rings (SSSR count). The van der Waals surface area contributed by atoms with Crippen LogP contribution in [-0.4, -0.2) is 35.5 Å². The van der Waals surface area contributed by atoms with Crippen LogP contribution in [-0.2, 0) is 4.74 Å². The molecule has 4 nitrogen and oxygen atoms in total. The first-order valence-electron chi connectivity index (χ1n) is 7.76. The van der Waals surface area contributed by atoms with Crippen molar-refractivity contribution in [1.29, 1.82) is 0 Å². The highest BCUT2D eigenvalue weighted by atomic mass is 79.9. The van der Waals surface area contributed by atoms with E-state index in [0.29, 0.717) is 25.9 Å². The lowest BCUT2D eigenvalue weighted by atomic mass is 9.88. The highest BCUT2D eigenvalue weighted by Gasteiger charge is 2.32. The first kappa shape index (κ1) is 18.8. The summed E-state index contributed by atoms with van der Waals surface area (Å²) < 4.78 is 33.3. The number of Topliss-reactive ketones (excluding diaryl/α,β-unsaturated/α-hetero) is 1. The van der Waals surface area contributed by atoms with Crippen LogP contribution in [0.3, 0.4) is 0 Å². The number of carbonyl (C=O) groups is 2. The summed E-state index contributed by atoms with van der Waals surface area (Å²) >= 11 is 2.97. The lowest BCUT2D eigenvalue weighted by Gasteiger charge is -2.33. The maximum Gasteiger partial charge on any atom is 0.410 e. The van der Waals surface area contributed by atoms with Gasteiger partial charge in [0, 0.05) is 19.0 Å². The van der Waals surface area contributed by atoms with Gasteiger partial charge in [0.2, 0.25) is 0 Å². The minimum absolute atomic E-state index is 0.0541. The van der Waals surface area contributed by atoms with Crippen molar-refractivity contribution >= 4 is 27.8 Å². The molecule has 1 saturated heterocycles. The molecule has 1 aliphatic heterocycles. The van der Waals surface area contributed by atoms with Gasteiger partial charge in [-0.3, -0.25) is 4.79 Å². The molecule has 7 heteroatoms. The number of rotatable bonds is 2. The summed E-state index contributed by atoms with van der Waals surface area (Å²) in [5.41, 5.74) is -1.10. The Labute approximate surface area is 148 Å². The van der Waals surface area contributed by atoms with Crippen molar-refractivity contribution in [3.63, 3.8) is 0 Å². The number of amides is 1. The van der Waals surface area contributed by atoms with Gasteiger partial charge in [-0.15, -0.1) is 0 Å². The largest absolute Gasteiger partial charge is 0.444 e. The van der Waals surface area contributed by atoms with Gasteiger partial charge in [-0.25, -0.2) is 13.6 Å². The topological polar surface area (TPSA) is 46.6 Å². The zero-order chi connectivity index (χ0) is 18.1. The second-order valence-corrected chi connectivity index (χ2v) is 7.68. The van der Waals surface area contributed by atoms with Crippen LogP contribution < -0.4 is 0 Å². The Hall–Kier alpha value is -1.50. The van der Waals surface area contributed by atoms with Gasteiger partial charge in [0.25, 0.3) is 0 Å². The third kappa shape index (κ3) is 4.32. The molecular weight excluding hydrogens is 384 g/mol. The molecule has 24 heavy (non-hydrogen) atoms. The Bertz CT molecular complexity index is 650. The van der Waals surface area contributed by atoms with Crippen molar-refractivity contribution in [3.8, 4) is 0 Å². The molecule has 1 aromatic carbocycles. The molecule has 0 saturated carbocycles. The Morgan fingerprint density at radius 2 is 1.79 bits per heavy atom. The average Bonchev–Trinajstić information content (AvgIpc) is 2.50. The highest BCUT2D eigenvalue weighted by molar-refractivity contribution is 9.10. The van der Waals surface area contributed by atoms with Crippen molar-refractivity contribution in [2.75, 3.05) is 13.1 Å². The second-order valence-electron chi connectivity index (χ2n) is 6.82. The Balaban J connectivity index is 2.04. The fourth-order valence-corrected chi connectivity index (χ4v) is 2.94. The van der Waals surface area contributed by atoms with E-state index in [1.165, 1.54) is 11.0 Å². The molecule has 0 aliphatic carbocycles. The van der Waals surface area contributed by atoms with Gasteiger partial charge in [0.15, 0.2) is 11.6 Å². The van der Waals surface area contributed by atoms with Gasteiger partial charge >= 0.3 is 6.09 Å². The maximum absolute atomic E-state index is 14.1. The Morgan fingerprint density at radius 1 is 1.21 bits per heavy atom. The summed E-state index contributed by atoms with van der Waals surface area (Å²) in [7, 11) is 0. The van der Waals surface area contributed by atoms with E-state index in [2.05, 4.69) is 15.9 Å². The molecule has 1 heterocycles. The van der Waals surface area contributed by atoms with Gasteiger partial charge < -0.3 is 9.64 Å². The molecule has 0 radical (unpaired) electrons. The number of ether oxygens (including phenoxy) is 1. The molecule has 1 fully saturated rings. The summed E-state index contributed by atoms with van der Waals surface area (Å²) in [4.78, 5) is 26.0. The summed E-state index contributed by atoms with van der Waals surface area (Å²) in [6.45, 7) is 5.98. The summed E-state index contributed by atoms with van der Waals surface area (Å²) in [6.07, 6.45) is 0.264. The number of halogens is 3. The molecule has 0 bridgehead atoms. The van der Waals surface area contributed by atoms with Crippen molar-refractivity contribution in [1.82, 2.24) is 4.90 Å². The predicted octanol–water partition coefficient (Wildman–Crippen LogP) is 4.56. The van der Waals surface area contributed by atoms with E-state index in [0.717, 1.165) is 6.07 Å². The number of likely N-dealkylation sites (tertiary alicyclic amines) is 1.